The molecule has 2 aromatic rings. The summed E-state index contributed by atoms with van der Waals surface area (Å²) >= 11 is 0. The van der Waals surface area contributed by atoms with Gasteiger partial charge in [-0.15, -0.1) is 0 Å². The molecule has 3 N–H and O–H groups in total. The second-order valence-electron chi connectivity index (χ2n) is 4.51. The zero-order valence-corrected chi connectivity index (χ0v) is 11.2. The predicted octanol–water partition coefficient (Wildman–Crippen LogP) is 2.32. The van der Waals surface area contributed by atoms with Gasteiger partial charge in [-0.05, 0) is 23.6 Å². The molecular weight excluding hydrogens is 254 g/mol. The Balaban J connectivity index is 2.44. The molecule has 1 atom stereocenters. The number of hydrogen-bond donors (Lipinski definition) is 2. The maximum absolute atomic E-state index is 10.9. The van der Waals surface area contributed by atoms with Crippen molar-refractivity contribution < 1.29 is 14.6 Å². The van der Waals surface area contributed by atoms with E-state index < -0.39 is 12.0 Å². The lowest BCUT2D eigenvalue weighted by molar-refractivity contribution is -0.138. The first kappa shape index (κ1) is 14.1. The topological polar surface area (TPSA) is 72.5 Å². The normalized spacial score (nSPS) is 11.9. The van der Waals surface area contributed by atoms with Crippen molar-refractivity contribution in [2.75, 3.05) is 7.11 Å². The van der Waals surface area contributed by atoms with Crippen molar-refractivity contribution in [3.63, 3.8) is 0 Å². The molecule has 0 heterocycles. The van der Waals surface area contributed by atoms with Crippen molar-refractivity contribution >= 4 is 5.97 Å². The van der Waals surface area contributed by atoms with E-state index in [4.69, 9.17) is 15.6 Å². The van der Waals surface area contributed by atoms with E-state index in [9.17, 15) is 4.79 Å². The van der Waals surface area contributed by atoms with Crippen molar-refractivity contribution in [1.82, 2.24) is 0 Å². The smallest absolute Gasteiger partial charge is 0.320 e. The molecule has 2 aromatic carbocycles. The maximum Gasteiger partial charge on any atom is 0.320 e. The molecule has 0 saturated carbocycles. The fraction of sp³-hybridized carbons (Fsp3) is 0.188. The summed E-state index contributed by atoms with van der Waals surface area (Å²) in [6.07, 6.45) is 0.281. The van der Waals surface area contributed by atoms with Gasteiger partial charge in [0.05, 0.1) is 7.11 Å². The highest BCUT2D eigenvalue weighted by atomic mass is 16.5. The number of hydrogen-bond acceptors (Lipinski definition) is 3. The van der Waals surface area contributed by atoms with E-state index in [0.717, 1.165) is 22.4 Å². The summed E-state index contributed by atoms with van der Waals surface area (Å²) < 4.78 is 5.36. The molecule has 2 rings (SSSR count). The first-order valence-electron chi connectivity index (χ1n) is 6.33. The van der Waals surface area contributed by atoms with E-state index in [0.29, 0.717) is 0 Å². The average Bonchev–Trinajstić information content (AvgIpc) is 2.47. The Morgan fingerprint density at radius 1 is 1.15 bits per heavy atom. The Morgan fingerprint density at radius 3 is 2.40 bits per heavy atom. The average molecular weight is 271 g/mol. The Bertz CT molecular complexity index is 610. The first-order chi connectivity index (χ1) is 9.63. The van der Waals surface area contributed by atoms with Crippen molar-refractivity contribution in [2.24, 2.45) is 5.73 Å². The van der Waals surface area contributed by atoms with Crippen LogP contribution < -0.4 is 10.5 Å². The Kier molecular flexibility index (Phi) is 4.38. The number of carboxylic acids is 1. The van der Waals surface area contributed by atoms with Gasteiger partial charge < -0.3 is 15.6 Å². The fourth-order valence-electron chi connectivity index (χ4n) is 2.15. The highest BCUT2D eigenvalue weighted by Gasteiger charge is 2.16. The van der Waals surface area contributed by atoms with Crippen molar-refractivity contribution in [3.8, 4) is 16.9 Å². The van der Waals surface area contributed by atoms with Crippen LogP contribution in [-0.2, 0) is 11.2 Å². The zero-order valence-electron chi connectivity index (χ0n) is 11.2. The lowest BCUT2D eigenvalue weighted by atomic mass is 9.95. The number of benzene rings is 2. The molecule has 0 bridgehead atoms. The number of ether oxygens (including phenoxy) is 1. The Labute approximate surface area is 117 Å². The van der Waals surface area contributed by atoms with Crippen LogP contribution in [0.25, 0.3) is 11.1 Å². The molecule has 104 valence electrons. The third-order valence-corrected chi connectivity index (χ3v) is 3.17. The van der Waals surface area contributed by atoms with E-state index >= 15 is 0 Å². The van der Waals surface area contributed by atoms with Gasteiger partial charge in [0.25, 0.3) is 0 Å². The number of carbonyl (C=O) groups is 1. The number of para-hydroxylation sites is 1. The standard InChI is InChI=1S/C16H17NO3/c1-20-15-9-5-4-8-13(15)12-7-3-2-6-11(12)10-14(17)16(18)19/h2-9,14H,10,17H2,1H3,(H,18,19)/t14-/m0/s1. The SMILES string of the molecule is COc1ccccc1-c1ccccc1C[C@H](N)C(=O)O. The molecule has 0 spiro atoms. The van der Waals surface area contributed by atoms with E-state index in [-0.39, 0.29) is 6.42 Å². The van der Waals surface area contributed by atoms with Crippen molar-refractivity contribution in [3.05, 3.63) is 54.1 Å². The summed E-state index contributed by atoms with van der Waals surface area (Å²) in [7, 11) is 1.62. The van der Waals surface area contributed by atoms with E-state index in [1.807, 2.05) is 48.5 Å². The highest BCUT2D eigenvalue weighted by molar-refractivity contribution is 5.77. The van der Waals surface area contributed by atoms with Crippen LogP contribution in [0.3, 0.4) is 0 Å². The van der Waals surface area contributed by atoms with Gasteiger partial charge in [-0.2, -0.15) is 0 Å². The minimum Gasteiger partial charge on any atom is -0.496 e. The molecule has 0 fully saturated rings. The maximum atomic E-state index is 10.9. The van der Waals surface area contributed by atoms with Gasteiger partial charge in [0.2, 0.25) is 0 Å². The van der Waals surface area contributed by atoms with Crippen molar-refractivity contribution in [1.29, 1.82) is 0 Å². The van der Waals surface area contributed by atoms with Gasteiger partial charge >= 0.3 is 5.97 Å². The van der Waals surface area contributed by atoms with Gasteiger partial charge in [0, 0.05) is 5.56 Å². The minimum atomic E-state index is -1.00. The second kappa shape index (κ2) is 6.21. The summed E-state index contributed by atoms with van der Waals surface area (Å²) in [5.74, 6) is -0.247. The van der Waals surface area contributed by atoms with Crippen LogP contribution in [0.4, 0.5) is 0 Å². The third-order valence-electron chi connectivity index (χ3n) is 3.17. The van der Waals surface area contributed by atoms with E-state index in [1.54, 1.807) is 7.11 Å². The van der Waals surface area contributed by atoms with Crippen molar-refractivity contribution in [2.45, 2.75) is 12.5 Å². The van der Waals surface area contributed by atoms with Gasteiger partial charge in [0.15, 0.2) is 0 Å². The number of nitrogens with two attached hydrogens (primary N) is 1. The summed E-state index contributed by atoms with van der Waals surface area (Å²) in [6, 6.07) is 14.4. The number of rotatable bonds is 5. The fourth-order valence-corrected chi connectivity index (χ4v) is 2.15. The number of carboxylic acid groups (broad SMARTS) is 1. The van der Waals surface area contributed by atoms with E-state index in [2.05, 4.69) is 0 Å². The van der Waals surface area contributed by atoms with Gasteiger partial charge in [0.1, 0.15) is 11.8 Å². The molecule has 0 amide bonds. The lowest BCUT2D eigenvalue weighted by Gasteiger charge is -2.14. The Morgan fingerprint density at radius 2 is 1.75 bits per heavy atom. The number of methoxy groups -OCH3 is 1. The summed E-state index contributed by atoms with van der Waals surface area (Å²) in [5.41, 5.74) is 8.41. The van der Waals surface area contributed by atoms with Gasteiger partial charge in [-0.3, -0.25) is 4.79 Å². The van der Waals surface area contributed by atoms with Crippen LogP contribution in [0.5, 0.6) is 5.75 Å². The van der Waals surface area contributed by atoms with Crippen LogP contribution >= 0.6 is 0 Å². The molecule has 0 aliphatic carbocycles. The molecule has 4 heteroatoms. The number of aliphatic carboxylic acids is 1. The molecule has 0 saturated heterocycles. The largest absolute Gasteiger partial charge is 0.496 e. The van der Waals surface area contributed by atoms with Crippen LogP contribution in [0, 0.1) is 0 Å². The molecule has 0 aromatic heterocycles. The molecule has 0 aliphatic heterocycles. The lowest BCUT2D eigenvalue weighted by Crippen LogP contribution is -2.32. The van der Waals surface area contributed by atoms with Gasteiger partial charge in [-0.1, -0.05) is 42.5 Å². The van der Waals surface area contributed by atoms with E-state index in [1.165, 1.54) is 0 Å². The monoisotopic (exact) mass is 271 g/mol. The zero-order chi connectivity index (χ0) is 14.5. The molecule has 4 nitrogen and oxygen atoms in total. The van der Waals surface area contributed by atoms with Crippen LogP contribution in [-0.4, -0.2) is 24.2 Å². The second-order valence-corrected chi connectivity index (χ2v) is 4.51. The minimum absolute atomic E-state index is 0.281. The molecule has 0 unspecified atom stereocenters. The quantitative estimate of drug-likeness (QED) is 0.875. The third kappa shape index (κ3) is 2.97. The summed E-state index contributed by atoms with van der Waals surface area (Å²) in [4.78, 5) is 10.9. The molecule has 0 radical (unpaired) electrons. The molecule has 20 heavy (non-hydrogen) atoms. The predicted molar refractivity (Wildman–Crippen MR) is 77.7 cm³/mol. The molecule has 0 aliphatic rings. The Hall–Kier alpha value is -2.33. The van der Waals surface area contributed by atoms with Gasteiger partial charge in [-0.25, -0.2) is 0 Å². The summed E-state index contributed by atoms with van der Waals surface area (Å²) in [6.45, 7) is 0. The van der Waals surface area contributed by atoms with Crippen LogP contribution in [0.2, 0.25) is 0 Å². The summed E-state index contributed by atoms with van der Waals surface area (Å²) in [5, 5.41) is 8.96. The van der Waals surface area contributed by atoms with Crippen LogP contribution in [0.1, 0.15) is 5.56 Å². The molecular formula is C16H17NO3. The first-order valence-corrected chi connectivity index (χ1v) is 6.33. The highest BCUT2D eigenvalue weighted by Crippen LogP contribution is 2.32. The van der Waals surface area contributed by atoms with Crippen LogP contribution in [0.15, 0.2) is 48.5 Å².